The minimum atomic E-state index is -0.484. The maximum absolute atomic E-state index is 12.3. The van der Waals surface area contributed by atoms with Gasteiger partial charge in [-0.05, 0) is 36.0 Å². The van der Waals surface area contributed by atoms with E-state index in [2.05, 4.69) is 15.9 Å². The molecule has 2 aromatic rings. The number of amides is 2. The van der Waals surface area contributed by atoms with Gasteiger partial charge in [-0.15, -0.1) is 0 Å². The molecule has 2 heterocycles. The largest absolute Gasteiger partial charge is 0.465 e. The summed E-state index contributed by atoms with van der Waals surface area (Å²) in [6.45, 7) is -0.276. The van der Waals surface area contributed by atoms with Gasteiger partial charge in [0, 0.05) is 16.1 Å². The maximum atomic E-state index is 12.3. The van der Waals surface area contributed by atoms with E-state index in [9.17, 15) is 14.4 Å². The molecule has 0 saturated carbocycles. The highest BCUT2D eigenvalue weighted by atomic mass is 79.9. The summed E-state index contributed by atoms with van der Waals surface area (Å²) in [6.07, 6.45) is 2.97. The van der Waals surface area contributed by atoms with E-state index >= 15 is 0 Å². The number of thioether (sulfide) groups is 1. The van der Waals surface area contributed by atoms with Crippen LogP contribution in [0.1, 0.15) is 16.1 Å². The van der Waals surface area contributed by atoms with Crippen molar-refractivity contribution in [3.05, 3.63) is 63.4 Å². The molecule has 0 spiro atoms. The first-order chi connectivity index (χ1) is 11.0. The summed E-state index contributed by atoms with van der Waals surface area (Å²) in [7, 11) is 0. The van der Waals surface area contributed by atoms with Gasteiger partial charge < -0.3 is 4.42 Å². The Hall–Kier alpha value is -2.12. The maximum Gasteiger partial charge on any atom is 0.293 e. The smallest absolute Gasteiger partial charge is 0.293 e. The van der Waals surface area contributed by atoms with Crippen molar-refractivity contribution in [1.82, 2.24) is 4.90 Å². The third kappa shape index (κ3) is 3.46. The number of rotatable bonds is 4. The highest BCUT2D eigenvalue weighted by Crippen LogP contribution is 2.32. The van der Waals surface area contributed by atoms with Gasteiger partial charge in [0.15, 0.2) is 5.78 Å². The first-order valence-corrected chi connectivity index (χ1v) is 8.23. The van der Waals surface area contributed by atoms with Gasteiger partial charge in [0.1, 0.15) is 5.76 Å². The SMILES string of the molecule is O=C(CN1C(=O)S/C(=C/c2ccco2)C1=O)c1ccc(Br)cc1. The zero-order chi connectivity index (χ0) is 16.4. The Kier molecular flexibility index (Phi) is 4.49. The molecule has 0 N–H and O–H groups in total. The van der Waals surface area contributed by atoms with E-state index in [0.717, 1.165) is 21.1 Å². The summed E-state index contributed by atoms with van der Waals surface area (Å²) >= 11 is 4.09. The lowest BCUT2D eigenvalue weighted by atomic mass is 10.1. The standard InChI is InChI=1S/C16H10BrNO4S/c17-11-5-3-10(4-6-11)13(19)9-18-15(20)14(23-16(18)21)8-12-2-1-7-22-12/h1-8H,9H2/b14-8+. The van der Waals surface area contributed by atoms with Crippen LogP contribution in [0.15, 0.2) is 56.5 Å². The molecule has 0 atom stereocenters. The number of hydrogen-bond acceptors (Lipinski definition) is 5. The van der Waals surface area contributed by atoms with Crippen LogP contribution >= 0.6 is 27.7 Å². The van der Waals surface area contributed by atoms with Crippen molar-refractivity contribution in [3.63, 3.8) is 0 Å². The number of benzene rings is 1. The molecule has 116 valence electrons. The van der Waals surface area contributed by atoms with Crippen LogP contribution in [0.5, 0.6) is 0 Å². The fourth-order valence-corrected chi connectivity index (χ4v) is 3.09. The van der Waals surface area contributed by atoms with Crippen LogP contribution in [0.25, 0.3) is 6.08 Å². The van der Waals surface area contributed by atoms with Gasteiger partial charge >= 0.3 is 0 Å². The normalized spacial score (nSPS) is 16.4. The minimum Gasteiger partial charge on any atom is -0.465 e. The highest BCUT2D eigenvalue weighted by Gasteiger charge is 2.36. The van der Waals surface area contributed by atoms with Gasteiger partial charge in [0.2, 0.25) is 0 Å². The summed E-state index contributed by atoms with van der Waals surface area (Å²) < 4.78 is 5.98. The summed E-state index contributed by atoms with van der Waals surface area (Å²) in [5.74, 6) is -0.296. The molecule has 0 aliphatic carbocycles. The molecule has 1 saturated heterocycles. The van der Waals surface area contributed by atoms with E-state index in [4.69, 9.17) is 4.42 Å². The number of halogens is 1. The molecule has 1 aliphatic heterocycles. The second-order valence-corrected chi connectivity index (χ2v) is 6.62. The number of hydrogen-bond donors (Lipinski definition) is 0. The Morgan fingerprint density at radius 1 is 1.22 bits per heavy atom. The molecule has 23 heavy (non-hydrogen) atoms. The summed E-state index contributed by atoms with van der Waals surface area (Å²) in [6, 6.07) is 10.1. The second-order valence-electron chi connectivity index (χ2n) is 4.71. The Morgan fingerprint density at radius 3 is 2.61 bits per heavy atom. The Bertz CT molecular complexity index is 796. The highest BCUT2D eigenvalue weighted by molar-refractivity contribution is 9.10. The molecular weight excluding hydrogens is 382 g/mol. The molecule has 0 unspecified atom stereocenters. The molecule has 5 nitrogen and oxygen atoms in total. The number of carbonyl (C=O) groups is 3. The van der Waals surface area contributed by atoms with E-state index in [1.807, 2.05) is 0 Å². The number of nitrogens with zero attached hydrogens (tertiary/aromatic N) is 1. The zero-order valence-corrected chi connectivity index (χ0v) is 14.1. The number of Topliss-reactive ketones (excluding diaryl/α,β-unsaturated/α-hetero) is 1. The van der Waals surface area contributed by atoms with Crippen molar-refractivity contribution in [2.45, 2.75) is 0 Å². The molecule has 0 bridgehead atoms. The molecule has 0 radical (unpaired) electrons. The van der Waals surface area contributed by atoms with Gasteiger partial charge in [0.25, 0.3) is 11.1 Å². The molecule has 1 aromatic carbocycles. The molecule has 1 fully saturated rings. The van der Waals surface area contributed by atoms with Crippen molar-refractivity contribution in [2.75, 3.05) is 6.54 Å². The van der Waals surface area contributed by atoms with Crippen LogP contribution in [-0.2, 0) is 4.79 Å². The van der Waals surface area contributed by atoms with E-state index in [1.54, 1.807) is 36.4 Å². The Labute approximate surface area is 144 Å². The number of furan rings is 1. The molecule has 7 heteroatoms. The molecule has 3 rings (SSSR count). The van der Waals surface area contributed by atoms with Crippen LogP contribution in [0.4, 0.5) is 4.79 Å². The lowest BCUT2D eigenvalue weighted by molar-refractivity contribution is -0.122. The predicted molar refractivity (Wildman–Crippen MR) is 89.9 cm³/mol. The topological polar surface area (TPSA) is 67.6 Å². The van der Waals surface area contributed by atoms with Crippen molar-refractivity contribution in [1.29, 1.82) is 0 Å². The quantitative estimate of drug-likeness (QED) is 0.582. The predicted octanol–water partition coefficient (Wildman–Crippen LogP) is 3.96. The zero-order valence-electron chi connectivity index (χ0n) is 11.7. The summed E-state index contributed by atoms with van der Waals surface area (Å²) in [4.78, 5) is 37.7. The van der Waals surface area contributed by atoms with Crippen molar-refractivity contribution < 1.29 is 18.8 Å². The monoisotopic (exact) mass is 391 g/mol. The van der Waals surface area contributed by atoms with Crippen molar-refractivity contribution in [3.8, 4) is 0 Å². The van der Waals surface area contributed by atoms with E-state index in [0.29, 0.717) is 11.3 Å². The van der Waals surface area contributed by atoms with Crippen LogP contribution in [-0.4, -0.2) is 28.4 Å². The van der Waals surface area contributed by atoms with E-state index in [-0.39, 0.29) is 17.2 Å². The first-order valence-electron chi connectivity index (χ1n) is 6.62. The third-order valence-corrected chi connectivity index (χ3v) is 4.59. The van der Waals surface area contributed by atoms with Gasteiger partial charge in [0.05, 0.1) is 17.7 Å². The minimum absolute atomic E-state index is 0.244. The van der Waals surface area contributed by atoms with Crippen LogP contribution in [0.2, 0.25) is 0 Å². The van der Waals surface area contributed by atoms with Crippen LogP contribution in [0, 0.1) is 0 Å². The van der Waals surface area contributed by atoms with Gasteiger partial charge in [-0.25, -0.2) is 0 Å². The molecular formula is C16H10BrNO4S. The summed E-state index contributed by atoms with van der Waals surface area (Å²) in [5, 5.41) is -0.460. The Morgan fingerprint density at radius 2 is 1.96 bits per heavy atom. The fraction of sp³-hybridized carbons (Fsp3) is 0.0625. The molecule has 2 amide bonds. The lowest BCUT2D eigenvalue weighted by Crippen LogP contribution is -2.33. The fourth-order valence-electron chi connectivity index (χ4n) is 2.01. The third-order valence-electron chi connectivity index (χ3n) is 3.16. The first kappa shape index (κ1) is 15.8. The van der Waals surface area contributed by atoms with Crippen LogP contribution < -0.4 is 0 Å². The van der Waals surface area contributed by atoms with Crippen molar-refractivity contribution in [2.24, 2.45) is 0 Å². The van der Waals surface area contributed by atoms with Crippen LogP contribution in [0.3, 0.4) is 0 Å². The Balaban J connectivity index is 1.75. The molecule has 1 aliphatic rings. The van der Waals surface area contributed by atoms with Gasteiger partial charge in [-0.3, -0.25) is 19.3 Å². The number of ketones is 1. The van der Waals surface area contributed by atoms with Crippen molar-refractivity contribution >= 4 is 50.7 Å². The van der Waals surface area contributed by atoms with Gasteiger partial charge in [-0.1, -0.05) is 28.1 Å². The van der Waals surface area contributed by atoms with Gasteiger partial charge in [-0.2, -0.15) is 0 Å². The summed E-state index contributed by atoms with van der Waals surface area (Å²) in [5.41, 5.74) is 0.447. The molecule has 1 aromatic heterocycles. The average molecular weight is 392 g/mol. The average Bonchev–Trinajstić information content (AvgIpc) is 3.12. The van der Waals surface area contributed by atoms with E-state index < -0.39 is 11.1 Å². The number of imide groups is 1. The number of carbonyl (C=O) groups excluding carboxylic acids is 3. The lowest BCUT2D eigenvalue weighted by Gasteiger charge is -2.11. The second kappa shape index (κ2) is 6.55. The van der Waals surface area contributed by atoms with E-state index in [1.165, 1.54) is 12.3 Å².